The lowest BCUT2D eigenvalue weighted by atomic mass is 10.0. The van der Waals surface area contributed by atoms with Crippen LogP contribution in [0.25, 0.3) is 0 Å². The number of nitrogens with one attached hydrogen (secondary N) is 1. The fourth-order valence-corrected chi connectivity index (χ4v) is 2.38. The van der Waals surface area contributed by atoms with Crippen LogP contribution in [-0.2, 0) is 6.54 Å². The molecule has 0 radical (unpaired) electrons. The van der Waals surface area contributed by atoms with Crippen molar-refractivity contribution in [2.75, 3.05) is 0 Å². The third-order valence-electron chi connectivity index (χ3n) is 3.60. The van der Waals surface area contributed by atoms with Crippen LogP contribution in [0.5, 0.6) is 0 Å². The molecule has 1 nitrogen and oxygen atoms in total. The van der Waals surface area contributed by atoms with E-state index in [9.17, 15) is 0 Å². The van der Waals surface area contributed by atoms with Gasteiger partial charge in [0.05, 0.1) is 0 Å². The predicted octanol–water partition coefficient (Wildman–Crippen LogP) is 4.81. The molecular weight excluding hydrogens is 254 g/mol. The van der Waals surface area contributed by atoms with Crippen molar-refractivity contribution in [1.29, 1.82) is 0 Å². The molecule has 0 heterocycles. The third kappa shape index (κ3) is 3.59. The van der Waals surface area contributed by atoms with E-state index in [1.165, 1.54) is 22.3 Å². The Morgan fingerprint density at radius 3 is 2.16 bits per heavy atom. The van der Waals surface area contributed by atoms with Crippen molar-refractivity contribution in [3.05, 3.63) is 69.7 Å². The van der Waals surface area contributed by atoms with Crippen LogP contribution in [0, 0.1) is 13.8 Å². The number of halogens is 1. The molecule has 0 saturated heterocycles. The van der Waals surface area contributed by atoms with E-state index < -0.39 is 0 Å². The van der Waals surface area contributed by atoms with E-state index >= 15 is 0 Å². The zero-order chi connectivity index (χ0) is 13.8. The molecule has 2 aromatic carbocycles. The monoisotopic (exact) mass is 273 g/mol. The van der Waals surface area contributed by atoms with Gasteiger partial charge >= 0.3 is 0 Å². The van der Waals surface area contributed by atoms with E-state index in [2.05, 4.69) is 56.4 Å². The Morgan fingerprint density at radius 1 is 1.00 bits per heavy atom. The summed E-state index contributed by atoms with van der Waals surface area (Å²) in [5, 5.41) is 4.36. The molecule has 0 aliphatic heterocycles. The summed E-state index contributed by atoms with van der Waals surface area (Å²) in [6.07, 6.45) is 0. The molecule has 0 aromatic heterocycles. The van der Waals surface area contributed by atoms with Crippen LogP contribution in [0.3, 0.4) is 0 Å². The number of rotatable bonds is 4. The number of aryl methyl sites for hydroxylation is 2. The molecule has 0 unspecified atom stereocenters. The third-order valence-corrected chi connectivity index (χ3v) is 3.85. The number of benzene rings is 2. The molecular formula is C17H20ClN. The lowest BCUT2D eigenvalue weighted by molar-refractivity contribution is 0.572. The first-order chi connectivity index (χ1) is 9.08. The van der Waals surface area contributed by atoms with Gasteiger partial charge in [-0.25, -0.2) is 0 Å². The molecule has 0 amide bonds. The molecule has 0 bridgehead atoms. The van der Waals surface area contributed by atoms with Gasteiger partial charge in [0.25, 0.3) is 0 Å². The van der Waals surface area contributed by atoms with Gasteiger partial charge in [0, 0.05) is 17.6 Å². The van der Waals surface area contributed by atoms with Crippen molar-refractivity contribution in [3.8, 4) is 0 Å². The average molecular weight is 274 g/mol. The lowest BCUT2D eigenvalue weighted by Crippen LogP contribution is -2.19. The minimum Gasteiger partial charge on any atom is -0.306 e. The highest BCUT2D eigenvalue weighted by atomic mass is 35.5. The molecule has 2 heteroatoms. The van der Waals surface area contributed by atoms with Gasteiger partial charge in [-0.1, -0.05) is 41.9 Å². The molecule has 0 aliphatic rings. The fraction of sp³-hybridized carbons (Fsp3) is 0.294. The molecule has 1 N–H and O–H groups in total. The molecule has 0 fully saturated rings. The second-order valence-corrected chi connectivity index (χ2v) is 5.46. The summed E-state index contributed by atoms with van der Waals surface area (Å²) in [7, 11) is 0. The van der Waals surface area contributed by atoms with E-state index in [0.29, 0.717) is 6.04 Å². The molecule has 1 atom stereocenters. The van der Waals surface area contributed by atoms with Gasteiger partial charge in [0.1, 0.15) is 0 Å². The van der Waals surface area contributed by atoms with E-state index in [4.69, 9.17) is 11.6 Å². The minimum absolute atomic E-state index is 0.316. The molecule has 0 saturated carbocycles. The van der Waals surface area contributed by atoms with Crippen LogP contribution in [-0.4, -0.2) is 0 Å². The van der Waals surface area contributed by atoms with Crippen molar-refractivity contribution in [1.82, 2.24) is 5.32 Å². The highest BCUT2D eigenvalue weighted by Gasteiger charge is 2.07. The van der Waals surface area contributed by atoms with Gasteiger partial charge in [-0.15, -0.1) is 0 Å². The minimum atomic E-state index is 0.316. The molecule has 2 rings (SSSR count). The van der Waals surface area contributed by atoms with Crippen LogP contribution in [0.1, 0.15) is 35.2 Å². The van der Waals surface area contributed by atoms with Crippen LogP contribution < -0.4 is 5.32 Å². The van der Waals surface area contributed by atoms with Crippen LogP contribution in [0.15, 0.2) is 42.5 Å². The van der Waals surface area contributed by atoms with Crippen molar-refractivity contribution in [2.45, 2.75) is 33.4 Å². The van der Waals surface area contributed by atoms with Crippen LogP contribution >= 0.6 is 11.6 Å². The maximum Gasteiger partial charge on any atom is 0.0406 e. The first kappa shape index (κ1) is 14.1. The maximum absolute atomic E-state index is 5.91. The summed E-state index contributed by atoms with van der Waals surface area (Å²) in [4.78, 5) is 0. The number of hydrogen-bond donors (Lipinski definition) is 1. The van der Waals surface area contributed by atoms with Crippen molar-refractivity contribution < 1.29 is 0 Å². The van der Waals surface area contributed by atoms with Crippen molar-refractivity contribution >= 4 is 11.6 Å². The van der Waals surface area contributed by atoms with E-state index in [0.717, 1.165) is 11.6 Å². The van der Waals surface area contributed by atoms with Gasteiger partial charge in [-0.2, -0.15) is 0 Å². The average Bonchev–Trinajstić information content (AvgIpc) is 2.38. The number of hydrogen-bond acceptors (Lipinski definition) is 1. The smallest absolute Gasteiger partial charge is 0.0406 e. The highest BCUT2D eigenvalue weighted by molar-refractivity contribution is 6.30. The summed E-state index contributed by atoms with van der Waals surface area (Å²) in [6.45, 7) is 7.40. The fourth-order valence-electron chi connectivity index (χ4n) is 2.25. The molecule has 2 aromatic rings. The van der Waals surface area contributed by atoms with Gasteiger partial charge in [-0.05, 0) is 55.2 Å². The maximum atomic E-state index is 5.91. The van der Waals surface area contributed by atoms with E-state index in [-0.39, 0.29) is 0 Å². The Bertz CT molecular complexity index is 525. The highest BCUT2D eigenvalue weighted by Crippen LogP contribution is 2.18. The van der Waals surface area contributed by atoms with Gasteiger partial charge < -0.3 is 5.32 Å². The summed E-state index contributed by atoms with van der Waals surface area (Å²) in [5.74, 6) is 0. The molecule has 0 spiro atoms. The Balaban J connectivity index is 2.04. The zero-order valence-electron chi connectivity index (χ0n) is 11.7. The lowest BCUT2D eigenvalue weighted by Gasteiger charge is -2.17. The first-order valence-corrected chi connectivity index (χ1v) is 6.99. The SMILES string of the molecule is Cc1cccc(C)c1CN[C@@H](C)c1ccc(Cl)cc1. The van der Waals surface area contributed by atoms with Gasteiger partial charge in [-0.3, -0.25) is 0 Å². The van der Waals surface area contributed by atoms with E-state index in [1.807, 2.05) is 12.1 Å². The summed E-state index contributed by atoms with van der Waals surface area (Å²) < 4.78 is 0. The molecule has 19 heavy (non-hydrogen) atoms. The normalized spacial score (nSPS) is 12.4. The largest absolute Gasteiger partial charge is 0.306 e. The van der Waals surface area contributed by atoms with Gasteiger partial charge in [0.15, 0.2) is 0 Å². The summed E-state index contributed by atoms with van der Waals surface area (Å²) in [5.41, 5.74) is 5.34. The second kappa shape index (κ2) is 6.23. The Labute approximate surface area is 120 Å². The Kier molecular flexibility index (Phi) is 4.62. The van der Waals surface area contributed by atoms with Gasteiger partial charge in [0.2, 0.25) is 0 Å². The molecule has 100 valence electrons. The standard InChI is InChI=1S/C17H20ClN/c1-12-5-4-6-13(2)17(12)11-19-14(3)15-7-9-16(18)10-8-15/h4-10,14,19H,11H2,1-3H3/t14-/m0/s1. The Hall–Kier alpha value is -1.31. The predicted molar refractivity (Wildman–Crippen MR) is 82.6 cm³/mol. The first-order valence-electron chi connectivity index (χ1n) is 6.62. The quantitative estimate of drug-likeness (QED) is 0.843. The van der Waals surface area contributed by atoms with E-state index in [1.54, 1.807) is 0 Å². The van der Waals surface area contributed by atoms with Crippen LogP contribution in [0.2, 0.25) is 5.02 Å². The Morgan fingerprint density at radius 2 is 1.58 bits per heavy atom. The van der Waals surface area contributed by atoms with Crippen molar-refractivity contribution in [3.63, 3.8) is 0 Å². The van der Waals surface area contributed by atoms with Crippen molar-refractivity contribution in [2.24, 2.45) is 0 Å². The second-order valence-electron chi connectivity index (χ2n) is 5.02. The summed E-state index contributed by atoms with van der Waals surface area (Å²) >= 11 is 5.91. The molecule has 0 aliphatic carbocycles. The topological polar surface area (TPSA) is 12.0 Å². The zero-order valence-corrected chi connectivity index (χ0v) is 12.5. The van der Waals surface area contributed by atoms with Crippen LogP contribution in [0.4, 0.5) is 0 Å². The summed E-state index contributed by atoms with van der Waals surface area (Å²) in [6, 6.07) is 14.8.